The summed E-state index contributed by atoms with van der Waals surface area (Å²) in [5.41, 5.74) is 0.928. The average molecular weight is 414 g/mol. The van der Waals surface area contributed by atoms with Crippen LogP contribution in [0.2, 0.25) is 0 Å². The smallest absolute Gasteiger partial charge is 0.257 e. The van der Waals surface area contributed by atoms with Crippen molar-refractivity contribution in [2.75, 3.05) is 32.9 Å². The number of fused-ring (bicyclic) bond motifs is 1. The van der Waals surface area contributed by atoms with Gasteiger partial charge in [0.25, 0.3) is 5.22 Å². The maximum absolute atomic E-state index is 12.4. The Morgan fingerprint density at radius 1 is 1.30 bits per heavy atom. The normalized spacial score (nSPS) is 21.1. The predicted octanol–water partition coefficient (Wildman–Crippen LogP) is 1.81. The second-order valence-corrected chi connectivity index (χ2v) is 9.82. The van der Waals surface area contributed by atoms with Crippen LogP contribution in [0.25, 0.3) is 11.1 Å². The van der Waals surface area contributed by atoms with E-state index in [2.05, 4.69) is 4.98 Å². The number of hydrogen-bond donors (Lipinski definition) is 0. The zero-order chi connectivity index (χ0) is 19.8. The van der Waals surface area contributed by atoms with E-state index in [-0.39, 0.29) is 28.8 Å². The Morgan fingerprint density at radius 2 is 1.96 bits per heavy atom. The number of oxazole rings is 1. The van der Waals surface area contributed by atoms with Crippen molar-refractivity contribution in [1.29, 1.82) is 0 Å². The quantitative estimate of drug-likeness (QED) is 0.690. The Morgan fingerprint density at radius 3 is 2.59 bits per heavy atom. The van der Waals surface area contributed by atoms with Crippen molar-refractivity contribution in [3.63, 3.8) is 0 Å². The van der Waals surface area contributed by atoms with Crippen LogP contribution in [0.4, 0.5) is 0 Å². The molecule has 8 nitrogen and oxygen atoms in total. The molecule has 2 heterocycles. The fourth-order valence-corrected chi connectivity index (χ4v) is 4.58. The first-order valence-electron chi connectivity index (χ1n) is 8.56. The molecule has 1 saturated heterocycles. The summed E-state index contributed by atoms with van der Waals surface area (Å²) in [6, 6.07) is 4.54. The largest absolute Gasteiger partial charge is 0.431 e. The van der Waals surface area contributed by atoms with Crippen LogP contribution in [-0.4, -0.2) is 73.7 Å². The monoisotopic (exact) mass is 413 g/mol. The van der Waals surface area contributed by atoms with Gasteiger partial charge in [-0.25, -0.2) is 17.7 Å². The summed E-state index contributed by atoms with van der Waals surface area (Å²) in [5, 5.41) is 0.340. The zero-order valence-electron chi connectivity index (χ0n) is 15.7. The number of sulfonamides is 1. The molecule has 27 heavy (non-hydrogen) atoms. The van der Waals surface area contributed by atoms with E-state index in [0.717, 1.165) is 4.31 Å². The van der Waals surface area contributed by atoms with Gasteiger partial charge in [-0.2, -0.15) is 0 Å². The number of nitrogens with zero attached hydrogens (tertiary/aromatic N) is 3. The van der Waals surface area contributed by atoms with Crippen molar-refractivity contribution < 1.29 is 22.4 Å². The van der Waals surface area contributed by atoms with Gasteiger partial charge in [0.05, 0.1) is 22.9 Å². The lowest BCUT2D eigenvalue weighted by atomic mass is 10.2. The number of ether oxygens (including phenoxy) is 1. The van der Waals surface area contributed by atoms with Crippen LogP contribution in [0.1, 0.15) is 13.8 Å². The first-order chi connectivity index (χ1) is 12.7. The molecule has 0 aliphatic carbocycles. The minimum absolute atomic E-state index is 0.000121. The minimum atomic E-state index is -3.54. The topological polar surface area (TPSA) is 93.0 Å². The maximum atomic E-state index is 12.4. The Balaban J connectivity index is 1.70. The molecule has 0 spiro atoms. The fourth-order valence-electron chi connectivity index (χ4n) is 2.92. The summed E-state index contributed by atoms with van der Waals surface area (Å²) < 4.78 is 36.9. The second-order valence-electron chi connectivity index (χ2n) is 6.74. The van der Waals surface area contributed by atoms with Gasteiger partial charge < -0.3 is 14.1 Å². The lowest BCUT2D eigenvalue weighted by Crippen LogP contribution is -2.48. The van der Waals surface area contributed by atoms with Crippen LogP contribution in [0.15, 0.2) is 32.7 Å². The molecule has 3 rings (SSSR count). The third kappa shape index (κ3) is 4.45. The van der Waals surface area contributed by atoms with Crippen LogP contribution < -0.4 is 0 Å². The summed E-state index contributed by atoms with van der Waals surface area (Å²) in [5.74, 6) is 0.204. The van der Waals surface area contributed by atoms with Crippen LogP contribution in [0, 0.1) is 0 Å². The summed E-state index contributed by atoms with van der Waals surface area (Å²) in [6.07, 6.45) is 0.0354. The van der Waals surface area contributed by atoms with E-state index in [1.54, 1.807) is 11.0 Å². The molecular formula is C17H23N3O5S2. The summed E-state index contributed by atoms with van der Waals surface area (Å²) in [7, 11) is -0.588. The molecule has 2 aromatic rings. The number of benzene rings is 1. The van der Waals surface area contributed by atoms with E-state index in [1.807, 2.05) is 13.8 Å². The first kappa shape index (κ1) is 20.1. The molecule has 0 unspecified atom stereocenters. The highest BCUT2D eigenvalue weighted by Gasteiger charge is 2.26. The zero-order valence-corrected chi connectivity index (χ0v) is 17.3. The molecule has 1 aromatic carbocycles. The highest BCUT2D eigenvalue weighted by atomic mass is 32.2. The van der Waals surface area contributed by atoms with Gasteiger partial charge >= 0.3 is 0 Å². The number of carbonyl (C=O) groups excluding carboxylic acids is 1. The highest BCUT2D eigenvalue weighted by molar-refractivity contribution is 7.99. The molecule has 1 aliphatic rings. The number of hydrogen-bond acceptors (Lipinski definition) is 7. The van der Waals surface area contributed by atoms with Gasteiger partial charge in [0.2, 0.25) is 15.9 Å². The van der Waals surface area contributed by atoms with E-state index in [9.17, 15) is 13.2 Å². The number of morpholine rings is 1. The second kappa shape index (κ2) is 7.78. The van der Waals surface area contributed by atoms with E-state index in [4.69, 9.17) is 9.15 Å². The molecule has 0 N–H and O–H groups in total. The SMILES string of the molecule is C[C@@H]1CN(C(=O)CSc2nc3cc(S(=O)(=O)N(C)C)ccc3o2)C[C@H](C)O1. The standard InChI is InChI=1S/C17H23N3O5S2/c1-11-8-20(9-12(2)24-11)16(21)10-26-17-18-14-7-13(5-6-15(14)25-17)27(22,23)19(3)4/h5-7,11-12H,8-10H2,1-4H3/t11-,12+. The first-order valence-corrected chi connectivity index (χ1v) is 11.0. The van der Waals surface area contributed by atoms with Crippen LogP contribution in [0.5, 0.6) is 0 Å². The number of rotatable bonds is 5. The van der Waals surface area contributed by atoms with Crippen molar-refractivity contribution >= 4 is 38.8 Å². The van der Waals surface area contributed by atoms with E-state index >= 15 is 0 Å². The molecule has 148 valence electrons. The Labute approximate surface area is 162 Å². The van der Waals surface area contributed by atoms with Gasteiger partial charge in [0.15, 0.2) is 5.58 Å². The molecule has 1 amide bonds. The van der Waals surface area contributed by atoms with Crippen molar-refractivity contribution in [3.8, 4) is 0 Å². The van der Waals surface area contributed by atoms with E-state index < -0.39 is 10.0 Å². The van der Waals surface area contributed by atoms with Gasteiger partial charge in [-0.05, 0) is 32.0 Å². The van der Waals surface area contributed by atoms with Crippen molar-refractivity contribution in [1.82, 2.24) is 14.2 Å². The summed E-state index contributed by atoms with van der Waals surface area (Å²) in [4.78, 5) is 18.7. The summed E-state index contributed by atoms with van der Waals surface area (Å²) in [6.45, 7) is 5.04. The van der Waals surface area contributed by atoms with Gasteiger partial charge in [0, 0.05) is 27.2 Å². The van der Waals surface area contributed by atoms with Crippen molar-refractivity contribution in [2.24, 2.45) is 0 Å². The molecule has 0 saturated carbocycles. The van der Waals surface area contributed by atoms with Crippen LogP contribution >= 0.6 is 11.8 Å². The minimum Gasteiger partial charge on any atom is -0.431 e. The fraction of sp³-hybridized carbons (Fsp3) is 0.529. The van der Waals surface area contributed by atoms with Crippen molar-refractivity contribution in [3.05, 3.63) is 18.2 Å². The third-order valence-electron chi connectivity index (χ3n) is 4.21. The number of aromatic nitrogens is 1. The third-order valence-corrected chi connectivity index (χ3v) is 6.83. The Bertz CT molecular complexity index is 931. The van der Waals surface area contributed by atoms with Gasteiger partial charge in [-0.15, -0.1) is 0 Å². The van der Waals surface area contributed by atoms with Gasteiger partial charge in [-0.1, -0.05) is 11.8 Å². The molecule has 10 heteroatoms. The number of thioether (sulfide) groups is 1. The van der Waals surface area contributed by atoms with Crippen LogP contribution in [-0.2, 0) is 19.6 Å². The molecule has 1 aromatic heterocycles. The van der Waals surface area contributed by atoms with Crippen molar-refractivity contribution in [2.45, 2.75) is 36.2 Å². The Kier molecular flexibility index (Phi) is 5.80. The van der Waals surface area contributed by atoms with Crippen LogP contribution in [0.3, 0.4) is 0 Å². The van der Waals surface area contributed by atoms with E-state index in [0.29, 0.717) is 29.4 Å². The molecule has 0 bridgehead atoms. The molecule has 0 radical (unpaired) electrons. The molecule has 1 fully saturated rings. The lowest BCUT2D eigenvalue weighted by molar-refractivity contribution is -0.140. The number of carbonyl (C=O) groups is 1. The highest BCUT2D eigenvalue weighted by Crippen LogP contribution is 2.26. The summed E-state index contributed by atoms with van der Waals surface area (Å²) >= 11 is 1.20. The molecular weight excluding hydrogens is 390 g/mol. The number of amides is 1. The van der Waals surface area contributed by atoms with E-state index in [1.165, 1.54) is 38.0 Å². The molecule has 1 aliphatic heterocycles. The van der Waals surface area contributed by atoms with Gasteiger partial charge in [-0.3, -0.25) is 4.79 Å². The lowest BCUT2D eigenvalue weighted by Gasteiger charge is -2.35. The molecule has 2 atom stereocenters. The maximum Gasteiger partial charge on any atom is 0.257 e. The predicted molar refractivity (Wildman–Crippen MR) is 102 cm³/mol. The Hall–Kier alpha value is -1.62. The average Bonchev–Trinajstić information content (AvgIpc) is 3.00. The van der Waals surface area contributed by atoms with Gasteiger partial charge in [0.1, 0.15) is 5.52 Å².